The fraction of sp³-hybridized carbons (Fsp3) is 0.458. The van der Waals surface area contributed by atoms with Crippen molar-refractivity contribution >= 4 is 34.4 Å². The first kappa shape index (κ1) is 21.6. The Bertz CT molecular complexity index is 1320. The van der Waals surface area contributed by atoms with Crippen LogP contribution in [0.1, 0.15) is 37.3 Å². The topological polar surface area (TPSA) is 110 Å². The molecule has 6 rings (SSSR count). The second kappa shape index (κ2) is 8.11. The van der Waals surface area contributed by atoms with Gasteiger partial charge in [0.1, 0.15) is 12.4 Å². The molecule has 1 amide bonds. The van der Waals surface area contributed by atoms with Gasteiger partial charge in [-0.2, -0.15) is 0 Å². The number of carbonyl (C=O) groups excluding carboxylic acids is 1. The van der Waals surface area contributed by atoms with E-state index in [4.69, 9.17) is 20.8 Å². The van der Waals surface area contributed by atoms with Gasteiger partial charge in [0, 0.05) is 29.4 Å². The van der Waals surface area contributed by atoms with Crippen LogP contribution in [-0.2, 0) is 10.2 Å². The van der Waals surface area contributed by atoms with Crippen LogP contribution in [0.3, 0.4) is 0 Å². The zero-order valence-electron chi connectivity index (χ0n) is 18.5. The molecular weight excluding hydrogens is 460 g/mol. The van der Waals surface area contributed by atoms with E-state index in [9.17, 15) is 14.7 Å². The molecule has 2 aliphatic heterocycles. The van der Waals surface area contributed by atoms with Crippen LogP contribution < -0.4 is 15.8 Å². The van der Waals surface area contributed by atoms with Crippen LogP contribution >= 0.6 is 11.6 Å². The van der Waals surface area contributed by atoms with E-state index in [1.54, 1.807) is 18.3 Å². The molecule has 4 heterocycles. The number of carbonyl (C=O) groups is 1. The molecule has 3 aliphatic rings. The van der Waals surface area contributed by atoms with Gasteiger partial charge in [-0.3, -0.25) is 14.3 Å². The summed E-state index contributed by atoms with van der Waals surface area (Å²) >= 11 is 6.20. The number of anilines is 1. The number of piperidine rings is 1. The van der Waals surface area contributed by atoms with Crippen LogP contribution in [-0.4, -0.2) is 57.8 Å². The summed E-state index contributed by atoms with van der Waals surface area (Å²) < 4.78 is 12.7. The lowest BCUT2D eigenvalue weighted by Crippen LogP contribution is -2.47. The van der Waals surface area contributed by atoms with Crippen LogP contribution in [0.2, 0.25) is 5.02 Å². The molecule has 0 bridgehead atoms. The molecule has 1 aliphatic carbocycles. The number of aliphatic hydroxyl groups is 1. The normalized spacial score (nSPS) is 23.6. The molecule has 1 spiro atoms. The molecule has 0 radical (unpaired) electrons. The van der Waals surface area contributed by atoms with Crippen LogP contribution in [0, 0.1) is 0 Å². The van der Waals surface area contributed by atoms with E-state index in [0.29, 0.717) is 48.0 Å². The van der Waals surface area contributed by atoms with E-state index in [-0.39, 0.29) is 18.1 Å². The number of ether oxygens (including phenoxy) is 1. The molecule has 2 N–H and O–H groups in total. The summed E-state index contributed by atoms with van der Waals surface area (Å²) in [6.45, 7) is 2.73. The predicted molar refractivity (Wildman–Crippen MR) is 125 cm³/mol. The second-order valence-electron chi connectivity index (χ2n) is 9.43. The second-order valence-corrected chi connectivity index (χ2v) is 9.86. The Morgan fingerprint density at radius 3 is 2.79 bits per heavy atom. The van der Waals surface area contributed by atoms with Crippen LogP contribution in [0.25, 0.3) is 11.2 Å². The molecule has 3 aromatic rings. The first-order valence-electron chi connectivity index (χ1n) is 11.6. The zero-order chi connectivity index (χ0) is 23.4. The summed E-state index contributed by atoms with van der Waals surface area (Å²) in [4.78, 5) is 31.7. The fourth-order valence-corrected chi connectivity index (χ4v) is 5.58. The number of fused-ring (bicyclic) bond motifs is 3. The molecule has 2 aromatic heterocycles. The number of benzene rings is 1. The molecule has 0 unspecified atom stereocenters. The van der Waals surface area contributed by atoms with Gasteiger partial charge >= 0.3 is 5.76 Å². The fourth-order valence-electron chi connectivity index (χ4n) is 5.41. The lowest BCUT2D eigenvalue weighted by molar-refractivity contribution is -0.122. The molecule has 34 heavy (non-hydrogen) atoms. The minimum atomic E-state index is -0.506. The van der Waals surface area contributed by atoms with E-state index in [1.807, 2.05) is 12.1 Å². The first-order chi connectivity index (χ1) is 16.4. The van der Waals surface area contributed by atoms with Gasteiger partial charge in [-0.15, -0.1) is 0 Å². The predicted octanol–water partition coefficient (Wildman–Crippen LogP) is 2.70. The smallest absolute Gasteiger partial charge is 0.421 e. The Balaban J connectivity index is 1.07. The molecule has 1 saturated heterocycles. The number of oxazole rings is 1. The molecule has 10 heteroatoms. The Morgan fingerprint density at radius 2 is 2.03 bits per heavy atom. The van der Waals surface area contributed by atoms with Gasteiger partial charge in [0.2, 0.25) is 5.91 Å². The van der Waals surface area contributed by atoms with Crippen LogP contribution in [0.15, 0.2) is 39.7 Å². The van der Waals surface area contributed by atoms with Gasteiger partial charge in [-0.25, -0.2) is 9.78 Å². The van der Waals surface area contributed by atoms with Gasteiger partial charge < -0.3 is 19.6 Å². The molecule has 1 aromatic carbocycles. The summed E-state index contributed by atoms with van der Waals surface area (Å²) in [7, 11) is 0. The number of hydrogen-bond acceptors (Lipinski definition) is 7. The summed E-state index contributed by atoms with van der Waals surface area (Å²) in [6, 6.07) is 7.20. The van der Waals surface area contributed by atoms with Crippen LogP contribution in [0.5, 0.6) is 5.75 Å². The SMILES string of the molecule is O=C1Nc2ccc(Cl)cc2C12CCN(CCOc1cnc3c(c1)oc(=O)n3[C@H]1C[C@@H](O)C1)CC2. The quantitative estimate of drug-likeness (QED) is 0.573. The Kier molecular flexibility index (Phi) is 5.16. The molecule has 1 saturated carbocycles. The number of aromatic nitrogens is 2. The minimum absolute atomic E-state index is 0.0601. The van der Waals surface area contributed by atoms with Crippen molar-refractivity contribution in [2.24, 2.45) is 0 Å². The highest BCUT2D eigenvalue weighted by molar-refractivity contribution is 6.31. The summed E-state index contributed by atoms with van der Waals surface area (Å²) in [5.41, 5.74) is 2.22. The summed E-state index contributed by atoms with van der Waals surface area (Å²) in [6.07, 6.45) is 3.75. The van der Waals surface area contributed by atoms with E-state index >= 15 is 0 Å². The number of nitrogens with one attached hydrogen (secondary N) is 1. The zero-order valence-corrected chi connectivity index (χ0v) is 19.3. The lowest BCUT2D eigenvalue weighted by atomic mass is 9.73. The van der Waals surface area contributed by atoms with Gasteiger partial charge in [-0.05, 0) is 62.5 Å². The lowest BCUT2D eigenvalue weighted by Gasteiger charge is -2.37. The minimum Gasteiger partial charge on any atom is -0.490 e. The van der Waals surface area contributed by atoms with Crippen LogP contribution in [0.4, 0.5) is 5.69 Å². The number of halogens is 1. The number of amides is 1. The number of likely N-dealkylation sites (tertiary alicyclic amines) is 1. The van der Waals surface area contributed by atoms with Crippen molar-refractivity contribution in [2.75, 3.05) is 31.6 Å². The van der Waals surface area contributed by atoms with Crippen molar-refractivity contribution in [2.45, 2.75) is 43.2 Å². The maximum absolute atomic E-state index is 12.8. The standard InChI is InChI=1S/C24H25ClN4O5/c25-14-1-2-19-18(9-14)24(22(31)27-19)3-5-28(6-4-24)7-8-33-17-12-20-21(26-13-17)29(23(32)34-20)15-10-16(30)11-15/h1-2,9,12-13,15-16,30H,3-8,10-11H2,(H,27,31)/t15-,16+. The van der Waals surface area contributed by atoms with Crippen molar-refractivity contribution in [1.29, 1.82) is 0 Å². The first-order valence-corrected chi connectivity index (χ1v) is 12.0. The number of hydrogen-bond donors (Lipinski definition) is 2. The van der Waals surface area contributed by atoms with Crippen molar-refractivity contribution < 1.29 is 19.1 Å². The Labute approximate surface area is 200 Å². The van der Waals surface area contributed by atoms with E-state index < -0.39 is 11.2 Å². The third kappa shape index (κ3) is 3.50. The third-order valence-electron chi connectivity index (χ3n) is 7.45. The molecule has 0 atom stereocenters. The van der Waals surface area contributed by atoms with Gasteiger partial charge in [0.25, 0.3) is 0 Å². The summed E-state index contributed by atoms with van der Waals surface area (Å²) in [5.74, 6) is 0.136. The van der Waals surface area contributed by atoms with E-state index in [1.165, 1.54) is 4.57 Å². The number of nitrogens with zero attached hydrogens (tertiary/aromatic N) is 3. The van der Waals surface area contributed by atoms with Crippen molar-refractivity contribution in [1.82, 2.24) is 14.5 Å². The maximum atomic E-state index is 12.8. The average Bonchev–Trinajstić information content (AvgIpc) is 3.26. The number of aliphatic hydroxyl groups excluding tert-OH is 1. The number of rotatable bonds is 5. The largest absolute Gasteiger partial charge is 0.490 e. The molecule has 2 fully saturated rings. The maximum Gasteiger partial charge on any atom is 0.421 e. The highest BCUT2D eigenvalue weighted by Crippen LogP contribution is 2.45. The van der Waals surface area contributed by atoms with Gasteiger partial charge in [0.15, 0.2) is 11.2 Å². The highest BCUT2D eigenvalue weighted by atomic mass is 35.5. The monoisotopic (exact) mass is 484 g/mol. The van der Waals surface area contributed by atoms with E-state index in [0.717, 1.165) is 37.2 Å². The third-order valence-corrected chi connectivity index (χ3v) is 7.68. The van der Waals surface area contributed by atoms with Gasteiger partial charge in [0.05, 0.1) is 17.7 Å². The van der Waals surface area contributed by atoms with Crippen molar-refractivity contribution in [3.05, 3.63) is 51.6 Å². The van der Waals surface area contributed by atoms with Crippen molar-refractivity contribution in [3.8, 4) is 5.75 Å². The molecule has 9 nitrogen and oxygen atoms in total. The Morgan fingerprint density at radius 1 is 1.24 bits per heavy atom. The number of pyridine rings is 1. The Hall–Kier alpha value is -2.88. The molecular formula is C24H25ClN4O5. The van der Waals surface area contributed by atoms with Crippen molar-refractivity contribution in [3.63, 3.8) is 0 Å². The highest BCUT2D eigenvalue weighted by Gasteiger charge is 2.48. The van der Waals surface area contributed by atoms with Gasteiger partial charge in [-0.1, -0.05) is 11.6 Å². The molecule has 178 valence electrons. The van der Waals surface area contributed by atoms with E-state index in [2.05, 4.69) is 15.2 Å². The average molecular weight is 485 g/mol. The summed E-state index contributed by atoms with van der Waals surface area (Å²) in [5, 5.41) is 13.2.